The fourth-order valence-electron chi connectivity index (χ4n) is 3.30. The third-order valence-electron chi connectivity index (χ3n) is 4.43. The van der Waals surface area contributed by atoms with Crippen molar-refractivity contribution in [2.75, 3.05) is 37.3 Å². The summed E-state index contributed by atoms with van der Waals surface area (Å²) >= 11 is 0. The first-order valence-corrected chi connectivity index (χ1v) is 9.38. The van der Waals surface area contributed by atoms with E-state index in [2.05, 4.69) is 17.1 Å². The third kappa shape index (κ3) is 3.09. The minimum atomic E-state index is -3.65. The molecule has 2 aliphatic rings. The number of nitro groups is 1. The number of nitrogens with zero attached hydrogens (tertiary/aromatic N) is 3. The average Bonchev–Trinajstić information content (AvgIpc) is 3.16. The van der Waals surface area contributed by atoms with Gasteiger partial charge in [-0.1, -0.05) is 18.2 Å². The molecule has 3 rings (SSSR count). The van der Waals surface area contributed by atoms with E-state index in [1.165, 1.54) is 6.07 Å². The van der Waals surface area contributed by atoms with E-state index in [1.807, 2.05) is 4.90 Å². The maximum atomic E-state index is 11.9. The molecule has 2 aliphatic heterocycles. The zero-order valence-electron chi connectivity index (χ0n) is 12.9. The van der Waals surface area contributed by atoms with Crippen molar-refractivity contribution in [2.24, 2.45) is 0 Å². The van der Waals surface area contributed by atoms with Gasteiger partial charge in [0.1, 0.15) is 10.6 Å². The lowest BCUT2D eigenvalue weighted by Crippen LogP contribution is -2.35. The second-order valence-corrected chi connectivity index (χ2v) is 7.95. The molecule has 7 nitrogen and oxygen atoms in total. The molecule has 0 aliphatic carbocycles. The fourth-order valence-corrected chi connectivity index (χ4v) is 4.16. The van der Waals surface area contributed by atoms with Crippen molar-refractivity contribution in [2.45, 2.75) is 17.4 Å². The third-order valence-corrected chi connectivity index (χ3v) is 5.56. The summed E-state index contributed by atoms with van der Waals surface area (Å²) < 4.78 is 23.7. The molecular formula is C15H19N3O4S. The van der Waals surface area contributed by atoms with Crippen LogP contribution in [0.2, 0.25) is 0 Å². The SMILES string of the molecule is CS(=O)(=O)c1cccc(N2CCC(N3CC=CC3)C2)c1[N+](=O)[O-]. The van der Waals surface area contributed by atoms with Gasteiger partial charge in [0.05, 0.1) is 4.92 Å². The predicted molar refractivity (Wildman–Crippen MR) is 87.5 cm³/mol. The first-order chi connectivity index (χ1) is 10.9. The molecule has 1 aromatic carbocycles. The first kappa shape index (κ1) is 15.9. The summed E-state index contributed by atoms with van der Waals surface area (Å²) in [6, 6.07) is 4.85. The Morgan fingerprint density at radius 2 is 1.96 bits per heavy atom. The molecule has 0 radical (unpaired) electrons. The Morgan fingerprint density at radius 3 is 2.57 bits per heavy atom. The molecule has 1 unspecified atom stereocenters. The zero-order chi connectivity index (χ0) is 16.6. The lowest BCUT2D eigenvalue weighted by Gasteiger charge is -2.24. The van der Waals surface area contributed by atoms with Gasteiger partial charge < -0.3 is 4.90 Å². The van der Waals surface area contributed by atoms with Crippen molar-refractivity contribution in [1.29, 1.82) is 0 Å². The molecule has 0 aromatic heterocycles. The van der Waals surface area contributed by atoms with E-state index in [0.29, 0.717) is 24.8 Å². The van der Waals surface area contributed by atoms with E-state index < -0.39 is 14.8 Å². The van der Waals surface area contributed by atoms with Crippen LogP contribution in [0.5, 0.6) is 0 Å². The number of sulfone groups is 1. The highest BCUT2D eigenvalue weighted by Gasteiger charge is 2.34. The molecule has 2 heterocycles. The van der Waals surface area contributed by atoms with Crippen LogP contribution in [0.4, 0.5) is 11.4 Å². The number of para-hydroxylation sites is 1. The number of rotatable bonds is 4. The van der Waals surface area contributed by atoms with Crippen LogP contribution < -0.4 is 4.90 Å². The number of hydrogen-bond acceptors (Lipinski definition) is 6. The summed E-state index contributed by atoms with van der Waals surface area (Å²) in [5.74, 6) is 0. The number of anilines is 1. The minimum Gasteiger partial charge on any atom is -0.364 e. The molecule has 0 bridgehead atoms. The smallest absolute Gasteiger partial charge is 0.311 e. The summed E-state index contributed by atoms with van der Waals surface area (Å²) in [7, 11) is -3.65. The number of benzene rings is 1. The van der Waals surface area contributed by atoms with E-state index >= 15 is 0 Å². The van der Waals surface area contributed by atoms with Gasteiger partial charge in [-0.3, -0.25) is 15.0 Å². The van der Waals surface area contributed by atoms with Crippen molar-refractivity contribution in [1.82, 2.24) is 4.90 Å². The van der Waals surface area contributed by atoms with Gasteiger partial charge in [-0.15, -0.1) is 0 Å². The molecule has 124 valence electrons. The molecule has 0 saturated carbocycles. The lowest BCUT2D eigenvalue weighted by atomic mass is 10.2. The monoisotopic (exact) mass is 337 g/mol. The minimum absolute atomic E-state index is 0.216. The van der Waals surface area contributed by atoms with Crippen LogP contribution in [0.3, 0.4) is 0 Å². The van der Waals surface area contributed by atoms with Crippen LogP contribution >= 0.6 is 0 Å². The molecule has 1 fully saturated rings. The van der Waals surface area contributed by atoms with E-state index in [1.54, 1.807) is 12.1 Å². The van der Waals surface area contributed by atoms with E-state index in [0.717, 1.165) is 25.8 Å². The van der Waals surface area contributed by atoms with Gasteiger partial charge in [-0.05, 0) is 18.6 Å². The fraction of sp³-hybridized carbons (Fsp3) is 0.467. The lowest BCUT2D eigenvalue weighted by molar-refractivity contribution is -0.387. The van der Waals surface area contributed by atoms with Gasteiger partial charge in [-0.25, -0.2) is 8.42 Å². The Bertz CT molecular complexity index is 752. The first-order valence-electron chi connectivity index (χ1n) is 7.49. The van der Waals surface area contributed by atoms with Gasteiger partial charge in [-0.2, -0.15) is 0 Å². The van der Waals surface area contributed by atoms with E-state index in [4.69, 9.17) is 0 Å². The molecule has 8 heteroatoms. The largest absolute Gasteiger partial charge is 0.364 e. The molecular weight excluding hydrogens is 318 g/mol. The van der Waals surface area contributed by atoms with Gasteiger partial charge >= 0.3 is 5.69 Å². The van der Waals surface area contributed by atoms with Gasteiger partial charge in [0, 0.05) is 38.5 Å². The Hall–Kier alpha value is -1.93. The highest BCUT2D eigenvalue weighted by atomic mass is 32.2. The van der Waals surface area contributed by atoms with Crippen molar-refractivity contribution in [3.05, 3.63) is 40.5 Å². The zero-order valence-corrected chi connectivity index (χ0v) is 13.7. The number of hydrogen-bond donors (Lipinski definition) is 0. The molecule has 0 spiro atoms. The van der Waals surface area contributed by atoms with Crippen molar-refractivity contribution >= 4 is 21.2 Å². The van der Waals surface area contributed by atoms with E-state index in [9.17, 15) is 18.5 Å². The standard InChI is InChI=1S/C15H19N3O4S/c1-23(21,22)14-6-4-5-13(15(14)18(19)20)17-10-7-12(11-17)16-8-2-3-9-16/h2-6,12H,7-11H2,1H3. The van der Waals surface area contributed by atoms with Crippen molar-refractivity contribution in [3.8, 4) is 0 Å². The van der Waals surface area contributed by atoms with Gasteiger partial charge in [0.15, 0.2) is 9.84 Å². The summed E-state index contributed by atoms with van der Waals surface area (Å²) in [6.07, 6.45) is 6.16. The Morgan fingerprint density at radius 1 is 1.26 bits per heavy atom. The Kier molecular flexibility index (Phi) is 4.11. The second kappa shape index (κ2) is 5.93. The topological polar surface area (TPSA) is 83.8 Å². The summed E-state index contributed by atoms with van der Waals surface area (Å²) in [6.45, 7) is 3.18. The van der Waals surface area contributed by atoms with Crippen molar-refractivity contribution in [3.63, 3.8) is 0 Å². The second-order valence-electron chi connectivity index (χ2n) is 5.97. The van der Waals surface area contributed by atoms with Crippen LogP contribution in [-0.4, -0.2) is 56.7 Å². The maximum absolute atomic E-state index is 11.9. The van der Waals surface area contributed by atoms with Gasteiger partial charge in [0.25, 0.3) is 0 Å². The van der Waals surface area contributed by atoms with Gasteiger partial charge in [0.2, 0.25) is 0 Å². The summed E-state index contributed by atoms with van der Waals surface area (Å²) in [5.41, 5.74) is 0.0859. The molecule has 0 N–H and O–H groups in total. The highest BCUT2D eigenvalue weighted by Crippen LogP contribution is 2.36. The van der Waals surface area contributed by atoms with E-state index in [-0.39, 0.29) is 10.6 Å². The Labute approximate surface area is 135 Å². The maximum Gasteiger partial charge on any atom is 0.311 e. The molecule has 1 aromatic rings. The molecule has 0 amide bonds. The van der Waals surface area contributed by atoms with Crippen molar-refractivity contribution < 1.29 is 13.3 Å². The number of nitro benzene ring substituents is 1. The summed E-state index contributed by atoms with van der Waals surface area (Å²) in [4.78, 5) is 14.9. The average molecular weight is 337 g/mol. The molecule has 23 heavy (non-hydrogen) atoms. The van der Waals surface area contributed by atoms with Crippen LogP contribution in [0.1, 0.15) is 6.42 Å². The Balaban J connectivity index is 1.93. The molecule has 1 atom stereocenters. The summed E-state index contributed by atoms with van der Waals surface area (Å²) in [5, 5.41) is 11.5. The predicted octanol–water partition coefficient (Wildman–Crippen LogP) is 1.45. The van der Waals surface area contributed by atoms with Crippen LogP contribution in [0, 0.1) is 10.1 Å². The quantitative estimate of drug-likeness (QED) is 0.470. The molecule has 1 saturated heterocycles. The van der Waals surface area contributed by atoms with Crippen LogP contribution in [0.15, 0.2) is 35.2 Å². The normalized spacial score (nSPS) is 22.0. The van der Waals surface area contributed by atoms with Crippen LogP contribution in [-0.2, 0) is 9.84 Å². The highest BCUT2D eigenvalue weighted by molar-refractivity contribution is 7.90. The van der Waals surface area contributed by atoms with Crippen LogP contribution in [0.25, 0.3) is 0 Å².